The van der Waals surface area contributed by atoms with E-state index in [9.17, 15) is 4.79 Å². The zero-order valence-electron chi connectivity index (χ0n) is 10.4. The number of carbonyl (C=O) groups is 1. The van der Waals surface area contributed by atoms with Gasteiger partial charge in [0.15, 0.2) is 0 Å². The fourth-order valence-corrected chi connectivity index (χ4v) is 2.26. The van der Waals surface area contributed by atoms with Crippen molar-refractivity contribution >= 4 is 17.2 Å². The molecule has 0 aliphatic rings. The zero-order valence-corrected chi connectivity index (χ0v) is 11.3. The smallest absolute Gasteiger partial charge is 0.239 e. The number of hydrogen-bond acceptors (Lipinski definition) is 5. The first-order chi connectivity index (χ1) is 8.04. The van der Waals surface area contributed by atoms with Crippen molar-refractivity contribution in [3.8, 4) is 0 Å². The van der Waals surface area contributed by atoms with Crippen molar-refractivity contribution in [3.63, 3.8) is 0 Å². The molecule has 0 aliphatic heterocycles. The van der Waals surface area contributed by atoms with Gasteiger partial charge in [0.25, 0.3) is 0 Å². The summed E-state index contributed by atoms with van der Waals surface area (Å²) in [5.41, 5.74) is 6.65. The van der Waals surface area contributed by atoms with Crippen molar-refractivity contribution in [1.82, 2.24) is 10.3 Å². The van der Waals surface area contributed by atoms with E-state index < -0.39 is 6.04 Å². The number of nitrogens with two attached hydrogens (primary N) is 1. The minimum atomic E-state index is -0.597. The van der Waals surface area contributed by atoms with Crippen LogP contribution in [-0.2, 0) is 16.0 Å². The van der Waals surface area contributed by atoms with Crippen LogP contribution in [0.25, 0.3) is 0 Å². The molecule has 1 heterocycles. The van der Waals surface area contributed by atoms with Gasteiger partial charge in [-0.1, -0.05) is 0 Å². The van der Waals surface area contributed by atoms with Gasteiger partial charge in [0, 0.05) is 25.0 Å². The quantitative estimate of drug-likeness (QED) is 0.773. The van der Waals surface area contributed by atoms with E-state index in [1.54, 1.807) is 11.3 Å². The second kappa shape index (κ2) is 6.68. The third-order valence-electron chi connectivity index (χ3n) is 2.39. The number of amides is 1. The molecule has 1 unspecified atom stereocenters. The average molecular weight is 257 g/mol. The lowest BCUT2D eigenvalue weighted by Crippen LogP contribution is -2.44. The van der Waals surface area contributed by atoms with Crippen molar-refractivity contribution in [1.29, 1.82) is 0 Å². The van der Waals surface area contributed by atoms with Gasteiger partial charge in [-0.15, -0.1) is 11.3 Å². The molecule has 1 amide bonds. The van der Waals surface area contributed by atoms with Crippen LogP contribution >= 0.6 is 11.3 Å². The number of methoxy groups -OCH3 is 1. The lowest BCUT2D eigenvalue weighted by atomic mass is 10.3. The third kappa shape index (κ3) is 4.41. The van der Waals surface area contributed by atoms with Crippen LogP contribution in [0.3, 0.4) is 0 Å². The molecule has 1 rings (SSSR count). The Balaban J connectivity index is 2.30. The Labute approximate surface area is 105 Å². The SMILES string of the molecule is COCC(N)C(=O)NCCc1nc(C)c(C)s1. The molecule has 1 aromatic heterocycles. The summed E-state index contributed by atoms with van der Waals surface area (Å²) in [5, 5.41) is 3.81. The van der Waals surface area contributed by atoms with Gasteiger partial charge in [-0.25, -0.2) is 4.98 Å². The highest BCUT2D eigenvalue weighted by atomic mass is 32.1. The van der Waals surface area contributed by atoms with Gasteiger partial charge in [0.05, 0.1) is 17.3 Å². The van der Waals surface area contributed by atoms with E-state index in [-0.39, 0.29) is 12.5 Å². The maximum absolute atomic E-state index is 11.5. The monoisotopic (exact) mass is 257 g/mol. The van der Waals surface area contributed by atoms with Crippen LogP contribution in [0.15, 0.2) is 0 Å². The Bertz CT molecular complexity index is 359. The summed E-state index contributed by atoms with van der Waals surface area (Å²) in [6.07, 6.45) is 0.741. The number of aromatic nitrogens is 1. The van der Waals surface area contributed by atoms with Crippen molar-refractivity contribution < 1.29 is 9.53 Å². The third-order valence-corrected chi connectivity index (χ3v) is 3.53. The molecule has 0 fully saturated rings. The Morgan fingerprint density at radius 1 is 1.59 bits per heavy atom. The molecule has 96 valence electrons. The van der Waals surface area contributed by atoms with Gasteiger partial charge in [-0.2, -0.15) is 0 Å². The minimum absolute atomic E-state index is 0.183. The number of thiazole rings is 1. The first kappa shape index (κ1) is 14.1. The highest BCUT2D eigenvalue weighted by molar-refractivity contribution is 7.11. The lowest BCUT2D eigenvalue weighted by molar-refractivity contribution is -0.123. The molecule has 0 spiro atoms. The summed E-state index contributed by atoms with van der Waals surface area (Å²) in [5.74, 6) is -0.183. The second-order valence-electron chi connectivity index (χ2n) is 3.85. The minimum Gasteiger partial charge on any atom is -0.383 e. The van der Waals surface area contributed by atoms with E-state index in [1.807, 2.05) is 13.8 Å². The second-order valence-corrected chi connectivity index (χ2v) is 5.14. The standard InChI is InChI=1S/C11H19N3O2S/c1-7-8(2)17-10(14-7)4-5-13-11(15)9(12)6-16-3/h9H,4-6,12H2,1-3H3,(H,13,15). The predicted molar refractivity (Wildman–Crippen MR) is 68.2 cm³/mol. The van der Waals surface area contributed by atoms with Crippen molar-refractivity contribution in [2.24, 2.45) is 5.73 Å². The lowest BCUT2D eigenvalue weighted by Gasteiger charge is -2.10. The van der Waals surface area contributed by atoms with Crippen LogP contribution in [0.2, 0.25) is 0 Å². The van der Waals surface area contributed by atoms with E-state index in [1.165, 1.54) is 12.0 Å². The van der Waals surface area contributed by atoms with E-state index in [2.05, 4.69) is 10.3 Å². The Morgan fingerprint density at radius 3 is 2.82 bits per heavy atom. The number of carbonyl (C=O) groups excluding carboxylic acids is 1. The molecule has 0 aliphatic carbocycles. The van der Waals surface area contributed by atoms with Crippen molar-refractivity contribution in [2.75, 3.05) is 20.3 Å². The predicted octanol–water partition coefficient (Wildman–Crippen LogP) is 0.392. The van der Waals surface area contributed by atoms with Crippen LogP contribution in [0, 0.1) is 13.8 Å². The average Bonchev–Trinajstić information content (AvgIpc) is 2.58. The fourth-order valence-electron chi connectivity index (χ4n) is 1.33. The summed E-state index contributed by atoms with van der Waals surface area (Å²) < 4.78 is 4.81. The van der Waals surface area contributed by atoms with Gasteiger partial charge >= 0.3 is 0 Å². The van der Waals surface area contributed by atoms with E-state index >= 15 is 0 Å². The van der Waals surface area contributed by atoms with Crippen LogP contribution in [0.1, 0.15) is 15.6 Å². The van der Waals surface area contributed by atoms with E-state index in [4.69, 9.17) is 10.5 Å². The number of ether oxygens (including phenoxy) is 1. The summed E-state index contributed by atoms with van der Waals surface area (Å²) in [6.45, 7) is 4.83. The Hall–Kier alpha value is -0.980. The molecule has 3 N–H and O–H groups in total. The van der Waals surface area contributed by atoms with Gasteiger partial charge in [0.2, 0.25) is 5.91 Å². The molecule has 0 radical (unpaired) electrons. The van der Waals surface area contributed by atoms with E-state index in [0.29, 0.717) is 6.54 Å². The highest BCUT2D eigenvalue weighted by Gasteiger charge is 2.12. The van der Waals surface area contributed by atoms with Gasteiger partial charge in [-0.05, 0) is 13.8 Å². The zero-order chi connectivity index (χ0) is 12.8. The van der Waals surface area contributed by atoms with Crippen molar-refractivity contribution in [3.05, 3.63) is 15.6 Å². The Morgan fingerprint density at radius 2 is 2.29 bits per heavy atom. The van der Waals surface area contributed by atoms with Crippen LogP contribution in [-0.4, -0.2) is 37.2 Å². The number of nitrogens with zero attached hydrogens (tertiary/aromatic N) is 1. The summed E-state index contributed by atoms with van der Waals surface area (Å²) in [7, 11) is 1.52. The molecular weight excluding hydrogens is 238 g/mol. The topological polar surface area (TPSA) is 77.2 Å². The van der Waals surface area contributed by atoms with Crippen LogP contribution in [0.4, 0.5) is 0 Å². The summed E-state index contributed by atoms with van der Waals surface area (Å²) in [4.78, 5) is 17.1. The maximum atomic E-state index is 11.5. The first-order valence-corrected chi connectivity index (χ1v) is 6.31. The number of nitrogens with one attached hydrogen (secondary N) is 1. The highest BCUT2D eigenvalue weighted by Crippen LogP contribution is 2.16. The molecule has 17 heavy (non-hydrogen) atoms. The summed E-state index contributed by atoms with van der Waals surface area (Å²) in [6, 6.07) is -0.597. The molecular formula is C11H19N3O2S. The van der Waals surface area contributed by atoms with Gasteiger partial charge < -0.3 is 15.8 Å². The van der Waals surface area contributed by atoms with Gasteiger partial charge in [0.1, 0.15) is 6.04 Å². The van der Waals surface area contributed by atoms with E-state index in [0.717, 1.165) is 17.1 Å². The molecule has 1 aromatic rings. The van der Waals surface area contributed by atoms with Gasteiger partial charge in [-0.3, -0.25) is 4.79 Å². The first-order valence-electron chi connectivity index (χ1n) is 5.49. The van der Waals surface area contributed by atoms with Crippen LogP contribution in [0.5, 0.6) is 0 Å². The molecule has 5 nitrogen and oxygen atoms in total. The maximum Gasteiger partial charge on any atom is 0.239 e. The molecule has 6 heteroatoms. The molecule has 0 bridgehead atoms. The summed E-state index contributed by atoms with van der Waals surface area (Å²) >= 11 is 1.67. The number of hydrogen-bond donors (Lipinski definition) is 2. The number of rotatable bonds is 6. The molecule has 0 saturated carbocycles. The fraction of sp³-hybridized carbons (Fsp3) is 0.636. The van der Waals surface area contributed by atoms with Crippen LogP contribution < -0.4 is 11.1 Å². The molecule has 0 aromatic carbocycles. The molecule has 0 saturated heterocycles. The Kier molecular flexibility index (Phi) is 5.54. The largest absolute Gasteiger partial charge is 0.383 e. The van der Waals surface area contributed by atoms with Crippen molar-refractivity contribution in [2.45, 2.75) is 26.3 Å². The number of aryl methyl sites for hydroxylation is 2. The molecule has 1 atom stereocenters. The normalized spacial score (nSPS) is 12.5.